The summed E-state index contributed by atoms with van der Waals surface area (Å²) in [6.45, 7) is 0.393. The van der Waals surface area contributed by atoms with Crippen molar-refractivity contribution in [2.45, 2.75) is 6.73 Å². The van der Waals surface area contributed by atoms with Crippen LogP contribution in [0.1, 0.15) is 0 Å². The lowest BCUT2D eigenvalue weighted by Crippen LogP contribution is -2.20. The van der Waals surface area contributed by atoms with Gasteiger partial charge in [-0.25, -0.2) is 4.68 Å². The molecule has 32 heavy (non-hydrogen) atoms. The van der Waals surface area contributed by atoms with Crippen molar-refractivity contribution < 1.29 is 4.74 Å². The van der Waals surface area contributed by atoms with Gasteiger partial charge in [-0.3, -0.25) is 9.36 Å². The van der Waals surface area contributed by atoms with E-state index in [1.165, 1.54) is 0 Å². The molecule has 0 spiro atoms. The average molecular weight is 467 g/mol. The average Bonchev–Trinajstić information content (AvgIpc) is 3.34. The zero-order valence-electron chi connectivity index (χ0n) is 17.8. The number of rotatable bonds is 4. The third-order valence-corrected chi connectivity index (χ3v) is 6.32. The van der Waals surface area contributed by atoms with Crippen molar-refractivity contribution in [3.63, 3.8) is 0 Å². The molecule has 0 amide bonds. The maximum Gasteiger partial charge on any atom is 0.259 e. The molecule has 162 valence electrons. The molecular formula is C24H20Cl2N4O2. The predicted molar refractivity (Wildman–Crippen MR) is 129 cm³/mol. The molecule has 6 nitrogen and oxygen atoms in total. The number of benzene rings is 2. The number of halogens is 2. The maximum atomic E-state index is 13.2. The van der Waals surface area contributed by atoms with Gasteiger partial charge in [-0.15, -0.1) is 0 Å². The van der Waals surface area contributed by atoms with E-state index in [4.69, 9.17) is 27.9 Å². The van der Waals surface area contributed by atoms with Crippen LogP contribution < -0.4 is 5.56 Å². The summed E-state index contributed by atoms with van der Waals surface area (Å²) in [4.78, 5) is 13.2. The van der Waals surface area contributed by atoms with E-state index in [1.807, 2.05) is 36.0 Å². The number of aryl methyl sites for hydroxylation is 2. The second kappa shape index (κ2) is 7.81. The zero-order valence-corrected chi connectivity index (χ0v) is 19.3. The Labute approximate surface area is 194 Å². The van der Waals surface area contributed by atoms with Gasteiger partial charge in [0.2, 0.25) is 0 Å². The van der Waals surface area contributed by atoms with Crippen molar-refractivity contribution in [3.05, 3.63) is 75.1 Å². The van der Waals surface area contributed by atoms with Crippen LogP contribution in [0.5, 0.6) is 0 Å². The molecular weight excluding hydrogens is 447 g/mol. The number of ether oxygens (including phenoxy) is 1. The Bertz CT molecular complexity index is 1560. The number of pyridine rings is 1. The first kappa shape index (κ1) is 20.8. The SMILES string of the molecule is COCn1ccc(-c2ccc3c(c2)c2cc(-c4ccc(Cl)cc4Cl)c(=O)n(C)c2n3C)n1. The summed E-state index contributed by atoms with van der Waals surface area (Å²) in [6.07, 6.45) is 1.89. The van der Waals surface area contributed by atoms with Gasteiger partial charge < -0.3 is 9.30 Å². The van der Waals surface area contributed by atoms with Gasteiger partial charge in [0.25, 0.3) is 5.56 Å². The fourth-order valence-corrected chi connectivity index (χ4v) is 4.78. The molecule has 0 saturated heterocycles. The zero-order chi connectivity index (χ0) is 22.6. The molecule has 0 fully saturated rings. The first-order chi connectivity index (χ1) is 15.4. The molecule has 5 aromatic rings. The first-order valence-electron chi connectivity index (χ1n) is 9.99. The molecule has 0 radical (unpaired) electrons. The van der Waals surface area contributed by atoms with Crippen molar-refractivity contribution in [1.82, 2.24) is 18.9 Å². The second-order valence-electron chi connectivity index (χ2n) is 7.73. The Morgan fingerprint density at radius 3 is 2.50 bits per heavy atom. The summed E-state index contributed by atoms with van der Waals surface area (Å²) in [7, 11) is 5.38. The van der Waals surface area contributed by atoms with Crippen molar-refractivity contribution in [2.75, 3.05) is 7.11 Å². The molecule has 8 heteroatoms. The smallest absolute Gasteiger partial charge is 0.259 e. The summed E-state index contributed by atoms with van der Waals surface area (Å²) >= 11 is 12.5. The van der Waals surface area contributed by atoms with Gasteiger partial charge in [0.15, 0.2) is 0 Å². The van der Waals surface area contributed by atoms with Crippen molar-refractivity contribution in [3.8, 4) is 22.4 Å². The highest BCUT2D eigenvalue weighted by Gasteiger charge is 2.18. The number of hydrogen-bond acceptors (Lipinski definition) is 3. The minimum Gasteiger partial charge on any atom is -0.362 e. The van der Waals surface area contributed by atoms with Crippen molar-refractivity contribution in [1.29, 1.82) is 0 Å². The fraction of sp³-hybridized carbons (Fsp3) is 0.167. The number of fused-ring (bicyclic) bond motifs is 3. The molecule has 0 N–H and O–H groups in total. The highest BCUT2D eigenvalue weighted by atomic mass is 35.5. The van der Waals surface area contributed by atoms with Gasteiger partial charge in [-0.05, 0) is 36.4 Å². The van der Waals surface area contributed by atoms with E-state index in [0.717, 1.165) is 33.2 Å². The Hall–Kier alpha value is -3.06. The van der Waals surface area contributed by atoms with E-state index < -0.39 is 0 Å². The Balaban J connectivity index is 1.78. The molecule has 3 aromatic heterocycles. The highest BCUT2D eigenvalue weighted by Crippen LogP contribution is 2.35. The van der Waals surface area contributed by atoms with Crippen LogP contribution >= 0.6 is 23.2 Å². The van der Waals surface area contributed by atoms with Gasteiger partial charge in [0.05, 0.1) is 16.2 Å². The monoisotopic (exact) mass is 466 g/mol. The van der Waals surface area contributed by atoms with Crippen LogP contribution in [0.25, 0.3) is 44.3 Å². The van der Waals surface area contributed by atoms with Crippen LogP contribution in [0.15, 0.2) is 59.5 Å². The lowest BCUT2D eigenvalue weighted by atomic mass is 10.0. The Kier molecular flexibility index (Phi) is 5.08. The summed E-state index contributed by atoms with van der Waals surface area (Å²) in [6, 6.07) is 15.3. The van der Waals surface area contributed by atoms with Gasteiger partial charge in [0, 0.05) is 59.9 Å². The molecule has 0 aliphatic carbocycles. The molecule has 3 heterocycles. The van der Waals surface area contributed by atoms with Gasteiger partial charge >= 0.3 is 0 Å². The summed E-state index contributed by atoms with van der Waals surface area (Å²) < 4.78 is 10.6. The first-order valence-corrected chi connectivity index (χ1v) is 10.7. The van der Waals surface area contributed by atoms with Crippen LogP contribution in [0.4, 0.5) is 0 Å². The Morgan fingerprint density at radius 1 is 0.938 bits per heavy atom. The number of nitrogens with zero attached hydrogens (tertiary/aromatic N) is 4. The molecule has 0 saturated carbocycles. The van der Waals surface area contributed by atoms with E-state index in [9.17, 15) is 4.79 Å². The molecule has 2 aromatic carbocycles. The quantitative estimate of drug-likeness (QED) is 0.352. The Morgan fingerprint density at radius 2 is 1.75 bits per heavy atom. The third-order valence-electron chi connectivity index (χ3n) is 5.77. The topological polar surface area (TPSA) is 54.0 Å². The molecule has 5 rings (SSSR count). The predicted octanol–water partition coefficient (Wildman–Crippen LogP) is 5.47. The van der Waals surface area contributed by atoms with Crippen molar-refractivity contribution in [2.24, 2.45) is 14.1 Å². The standard InChI is InChI=1S/C24H20Cl2N4O2/c1-28-22-7-4-14(21-8-9-30(27-21)13-32-3)10-17(22)18-12-19(24(31)29(2)23(18)28)16-6-5-15(25)11-20(16)26/h4-12H,13H2,1-3H3. The van der Waals surface area contributed by atoms with Gasteiger partial charge in [-0.1, -0.05) is 35.3 Å². The lowest BCUT2D eigenvalue weighted by molar-refractivity contribution is 0.121. The summed E-state index contributed by atoms with van der Waals surface area (Å²) in [5, 5.41) is 7.54. The molecule has 0 bridgehead atoms. The second-order valence-corrected chi connectivity index (χ2v) is 8.58. The molecule has 0 unspecified atom stereocenters. The summed E-state index contributed by atoms with van der Waals surface area (Å²) in [5.74, 6) is 0. The van der Waals surface area contributed by atoms with Crippen LogP contribution in [0, 0.1) is 0 Å². The minimum absolute atomic E-state index is 0.119. The van der Waals surface area contributed by atoms with E-state index >= 15 is 0 Å². The van der Waals surface area contributed by atoms with Crippen LogP contribution in [-0.4, -0.2) is 26.0 Å². The van der Waals surface area contributed by atoms with E-state index in [1.54, 1.807) is 41.6 Å². The van der Waals surface area contributed by atoms with Crippen molar-refractivity contribution >= 4 is 45.1 Å². The van der Waals surface area contributed by atoms with Crippen LogP contribution in [-0.2, 0) is 25.6 Å². The van der Waals surface area contributed by atoms with E-state index in [0.29, 0.717) is 27.9 Å². The van der Waals surface area contributed by atoms with Crippen LogP contribution in [0.3, 0.4) is 0 Å². The maximum absolute atomic E-state index is 13.2. The molecule has 0 atom stereocenters. The van der Waals surface area contributed by atoms with E-state index in [2.05, 4.69) is 17.2 Å². The molecule has 0 aliphatic rings. The number of aromatic nitrogens is 4. The normalized spacial score (nSPS) is 11.7. The van der Waals surface area contributed by atoms with Gasteiger partial charge in [-0.2, -0.15) is 5.10 Å². The lowest BCUT2D eigenvalue weighted by Gasteiger charge is -2.09. The molecule has 0 aliphatic heterocycles. The largest absolute Gasteiger partial charge is 0.362 e. The fourth-order valence-electron chi connectivity index (χ4n) is 4.27. The summed E-state index contributed by atoms with van der Waals surface area (Å²) in [5.41, 5.74) is 4.77. The third kappa shape index (κ3) is 3.23. The number of methoxy groups -OCH3 is 1. The van der Waals surface area contributed by atoms with Gasteiger partial charge in [0.1, 0.15) is 12.4 Å². The van der Waals surface area contributed by atoms with E-state index in [-0.39, 0.29) is 5.56 Å². The highest BCUT2D eigenvalue weighted by molar-refractivity contribution is 6.36. The number of hydrogen-bond donors (Lipinski definition) is 0. The van der Waals surface area contributed by atoms with Crippen LogP contribution in [0.2, 0.25) is 10.0 Å². The minimum atomic E-state index is -0.119.